The number of amides is 1. The van der Waals surface area contributed by atoms with Crippen molar-refractivity contribution in [1.82, 2.24) is 9.78 Å². The quantitative estimate of drug-likeness (QED) is 0.785. The molecule has 0 aliphatic rings. The van der Waals surface area contributed by atoms with E-state index in [0.717, 1.165) is 10.7 Å². The predicted octanol–water partition coefficient (Wildman–Crippen LogP) is 2.98. The lowest BCUT2D eigenvalue weighted by atomic mass is 10.1. The van der Waals surface area contributed by atoms with Crippen LogP contribution in [0.1, 0.15) is 10.5 Å². The van der Waals surface area contributed by atoms with Crippen molar-refractivity contribution in [2.75, 3.05) is 5.32 Å². The minimum atomic E-state index is -0.653. The van der Waals surface area contributed by atoms with Crippen molar-refractivity contribution in [2.45, 2.75) is 0 Å². The molecule has 0 saturated heterocycles. The summed E-state index contributed by atoms with van der Waals surface area (Å²) in [4.78, 5) is 24.5. The zero-order chi connectivity index (χ0) is 16.6. The molecule has 0 aliphatic heterocycles. The summed E-state index contributed by atoms with van der Waals surface area (Å²) in [5.41, 5.74) is -0.286. The number of hydrogen-bond donors (Lipinski definition) is 1. The zero-order valence-corrected chi connectivity index (χ0v) is 12.8. The van der Waals surface area contributed by atoms with Gasteiger partial charge >= 0.3 is 0 Å². The fourth-order valence-electron chi connectivity index (χ4n) is 2.24. The Balaban J connectivity index is 2.08. The molecule has 3 aromatic rings. The highest BCUT2D eigenvalue weighted by atomic mass is 35.5. The van der Waals surface area contributed by atoms with Gasteiger partial charge in [-0.1, -0.05) is 29.8 Å². The number of aryl methyl sites for hydroxylation is 1. The van der Waals surface area contributed by atoms with Crippen LogP contribution in [0.2, 0.25) is 5.02 Å². The minimum Gasteiger partial charge on any atom is -0.318 e. The molecule has 7 heteroatoms. The summed E-state index contributed by atoms with van der Waals surface area (Å²) in [7, 11) is 1.45. The second-order valence-electron chi connectivity index (χ2n) is 4.90. The lowest BCUT2D eigenvalue weighted by Crippen LogP contribution is -2.25. The second-order valence-corrected chi connectivity index (χ2v) is 5.34. The molecule has 0 aliphatic carbocycles. The van der Waals surface area contributed by atoms with Crippen LogP contribution in [0.25, 0.3) is 10.8 Å². The molecule has 0 unspecified atom stereocenters. The number of aromatic nitrogens is 2. The summed E-state index contributed by atoms with van der Waals surface area (Å²) in [5, 5.41) is 7.43. The summed E-state index contributed by atoms with van der Waals surface area (Å²) in [5.74, 6) is -1.27. The summed E-state index contributed by atoms with van der Waals surface area (Å²) in [6.45, 7) is 0. The molecule has 2 aromatic carbocycles. The van der Waals surface area contributed by atoms with E-state index in [0.29, 0.717) is 10.8 Å². The smallest absolute Gasteiger partial charge is 0.276 e. The van der Waals surface area contributed by atoms with Crippen LogP contribution < -0.4 is 10.9 Å². The lowest BCUT2D eigenvalue weighted by Gasteiger charge is -2.09. The van der Waals surface area contributed by atoms with E-state index in [-0.39, 0.29) is 22.0 Å². The van der Waals surface area contributed by atoms with E-state index in [1.165, 1.54) is 19.2 Å². The van der Waals surface area contributed by atoms with E-state index >= 15 is 0 Å². The highest BCUT2D eigenvalue weighted by Crippen LogP contribution is 2.20. The van der Waals surface area contributed by atoms with Gasteiger partial charge < -0.3 is 5.32 Å². The molecule has 1 heterocycles. The number of nitrogens with zero attached hydrogens (tertiary/aromatic N) is 2. The monoisotopic (exact) mass is 331 g/mol. The molecule has 23 heavy (non-hydrogen) atoms. The Labute approximate surface area is 135 Å². The van der Waals surface area contributed by atoms with Gasteiger partial charge in [0, 0.05) is 17.5 Å². The third-order valence-corrected chi connectivity index (χ3v) is 3.59. The molecule has 0 bridgehead atoms. The topological polar surface area (TPSA) is 64.0 Å². The van der Waals surface area contributed by atoms with Crippen LogP contribution in [-0.2, 0) is 7.05 Å². The van der Waals surface area contributed by atoms with Gasteiger partial charge in [0.1, 0.15) is 5.82 Å². The standard InChI is InChI=1S/C16H11ClFN3O2/c1-21-16(23)11-5-3-2-4-10(11)14(20-21)15(22)19-13-7-6-9(17)8-12(13)18/h2-8H,1H3,(H,19,22). The van der Waals surface area contributed by atoms with Crippen molar-refractivity contribution in [1.29, 1.82) is 0 Å². The lowest BCUT2D eigenvalue weighted by molar-refractivity contribution is 0.102. The largest absolute Gasteiger partial charge is 0.318 e. The maximum Gasteiger partial charge on any atom is 0.276 e. The summed E-state index contributed by atoms with van der Waals surface area (Å²) in [6.07, 6.45) is 0. The van der Waals surface area contributed by atoms with Crippen molar-refractivity contribution in [2.24, 2.45) is 7.05 Å². The Bertz CT molecular complexity index is 985. The molecule has 0 spiro atoms. The molecule has 1 N–H and O–H groups in total. The Morgan fingerprint density at radius 1 is 1.22 bits per heavy atom. The number of rotatable bonds is 2. The van der Waals surface area contributed by atoms with E-state index in [9.17, 15) is 14.0 Å². The van der Waals surface area contributed by atoms with Gasteiger partial charge in [0.25, 0.3) is 11.5 Å². The average Bonchev–Trinajstić information content (AvgIpc) is 2.53. The van der Waals surface area contributed by atoms with Crippen LogP contribution in [0.3, 0.4) is 0 Å². The number of benzene rings is 2. The number of halogens is 2. The van der Waals surface area contributed by atoms with Crippen LogP contribution in [0, 0.1) is 5.82 Å². The number of carbonyl (C=O) groups excluding carboxylic acids is 1. The summed E-state index contributed by atoms with van der Waals surface area (Å²) >= 11 is 5.68. The van der Waals surface area contributed by atoms with Crippen molar-refractivity contribution in [3.8, 4) is 0 Å². The summed E-state index contributed by atoms with van der Waals surface area (Å²) < 4.78 is 14.9. The maximum absolute atomic E-state index is 13.8. The fourth-order valence-corrected chi connectivity index (χ4v) is 2.40. The number of fused-ring (bicyclic) bond motifs is 1. The molecular weight excluding hydrogens is 321 g/mol. The second kappa shape index (κ2) is 5.81. The maximum atomic E-state index is 13.8. The minimum absolute atomic E-state index is 0.0147. The van der Waals surface area contributed by atoms with Crippen LogP contribution in [-0.4, -0.2) is 15.7 Å². The molecule has 1 amide bonds. The normalized spacial score (nSPS) is 10.7. The highest BCUT2D eigenvalue weighted by Gasteiger charge is 2.17. The third-order valence-electron chi connectivity index (χ3n) is 3.35. The molecule has 0 fully saturated rings. The average molecular weight is 332 g/mol. The SMILES string of the molecule is Cn1nc(C(=O)Nc2ccc(Cl)cc2F)c2ccccc2c1=O. The van der Waals surface area contributed by atoms with Crippen LogP contribution in [0.4, 0.5) is 10.1 Å². The first-order chi connectivity index (χ1) is 11.0. The van der Waals surface area contributed by atoms with Gasteiger partial charge in [0.05, 0.1) is 11.1 Å². The number of anilines is 1. The van der Waals surface area contributed by atoms with Gasteiger partial charge in [-0.05, 0) is 24.3 Å². The Hall–Kier alpha value is -2.73. The third kappa shape index (κ3) is 2.80. The van der Waals surface area contributed by atoms with Crippen LogP contribution in [0.15, 0.2) is 47.3 Å². The Morgan fingerprint density at radius 2 is 1.91 bits per heavy atom. The molecular formula is C16H11ClFN3O2. The van der Waals surface area contributed by atoms with Crippen molar-refractivity contribution < 1.29 is 9.18 Å². The fraction of sp³-hybridized carbons (Fsp3) is 0.0625. The van der Waals surface area contributed by atoms with E-state index in [1.54, 1.807) is 24.3 Å². The van der Waals surface area contributed by atoms with Gasteiger partial charge in [0.15, 0.2) is 5.69 Å². The van der Waals surface area contributed by atoms with Gasteiger partial charge in [-0.2, -0.15) is 5.10 Å². The van der Waals surface area contributed by atoms with Crippen LogP contribution >= 0.6 is 11.6 Å². The first kappa shape index (κ1) is 15.2. The van der Waals surface area contributed by atoms with Gasteiger partial charge in [0.2, 0.25) is 0 Å². The molecule has 0 atom stereocenters. The van der Waals surface area contributed by atoms with Gasteiger partial charge in [-0.25, -0.2) is 9.07 Å². The molecule has 0 radical (unpaired) electrons. The zero-order valence-electron chi connectivity index (χ0n) is 12.0. The molecule has 116 valence electrons. The van der Waals surface area contributed by atoms with Crippen molar-refractivity contribution in [3.63, 3.8) is 0 Å². The molecule has 1 aromatic heterocycles. The molecule has 0 saturated carbocycles. The van der Waals surface area contributed by atoms with Crippen molar-refractivity contribution >= 4 is 34.0 Å². The van der Waals surface area contributed by atoms with E-state index in [1.807, 2.05) is 0 Å². The van der Waals surface area contributed by atoms with E-state index < -0.39 is 11.7 Å². The number of nitrogens with one attached hydrogen (secondary N) is 1. The van der Waals surface area contributed by atoms with E-state index in [2.05, 4.69) is 10.4 Å². The Morgan fingerprint density at radius 3 is 2.61 bits per heavy atom. The predicted molar refractivity (Wildman–Crippen MR) is 86.3 cm³/mol. The first-order valence-electron chi connectivity index (χ1n) is 6.70. The first-order valence-corrected chi connectivity index (χ1v) is 7.07. The van der Waals surface area contributed by atoms with Crippen molar-refractivity contribution in [3.05, 3.63) is 69.4 Å². The van der Waals surface area contributed by atoms with Crippen LogP contribution in [0.5, 0.6) is 0 Å². The molecule has 3 rings (SSSR count). The number of hydrogen-bond acceptors (Lipinski definition) is 3. The molecule has 5 nitrogen and oxygen atoms in total. The van der Waals surface area contributed by atoms with E-state index in [4.69, 9.17) is 11.6 Å². The Kier molecular flexibility index (Phi) is 3.83. The van der Waals surface area contributed by atoms with Gasteiger partial charge in [-0.3, -0.25) is 9.59 Å². The number of carbonyl (C=O) groups is 1. The summed E-state index contributed by atoms with van der Waals surface area (Å²) in [6, 6.07) is 10.6. The van der Waals surface area contributed by atoms with Gasteiger partial charge in [-0.15, -0.1) is 0 Å². The highest BCUT2D eigenvalue weighted by molar-refractivity contribution is 6.30.